The third kappa shape index (κ3) is 6.13. The van der Waals surface area contributed by atoms with Crippen molar-refractivity contribution in [3.63, 3.8) is 0 Å². The zero-order valence-electron chi connectivity index (χ0n) is 13.6. The summed E-state index contributed by atoms with van der Waals surface area (Å²) in [7, 11) is 3.43. The Kier molecular flexibility index (Phi) is 7.39. The van der Waals surface area contributed by atoms with Crippen LogP contribution in [-0.2, 0) is 16.0 Å². The van der Waals surface area contributed by atoms with E-state index in [1.807, 2.05) is 38.2 Å². The lowest BCUT2D eigenvalue weighted by Crippen LogP contribution is -2.49. The Morgan fingerprint density at radius 3 is 2.64 bits per heavy atom. The minimum Gasteiger partial charge on any atom is -0.497 e. The zero-order valence-corrected chi connectivity index (χ0v) is 13.6. The average Bonchev–Trinajstić information content (AvgIpc) is 2.51. The summed E-state index contributed by atoms with van der Waals surface area (Å²) in [6, 6.07) is 7.03. The van der Waals surface area contributed by atoms with Crippen molar-refractivity contribution in [2.45, 2.75) is 32.4 Å². The lowest BCUT2D eigenvalue weighted by molar-refractivity contribution is -0.128. The van der Waals surface area contributed by atoms with Crippen LogP contribution in [0.2, 0.25) is 0 Å². The fourth-order valence-corrected chi connectivity index (χ4v) is 1.97. The molecule has 0 aromatic heterocycles. The van der Waals surface area contributed by atoms with Gasteiger partial charge in [-0.15, -0.1) is 0 Å². The average molecular weight is 307 g/mol. The Bertz CT molecular complexity index is 505. The largest absolute Gasteiger partial charge is 0.497 e. The summed E-state index contributed by atoms with van der Waals surface area (Å²) in [5.41, 5.74) is 0.926. The first kappa shape index (κ1) is 18.0. The van der Waals surface area contributed by atoms with Crippen LogP contribution in [-0.4, -0.2) is 44.6 Å². The van der Waals surface area contributed by atoms with E-state index < -0.39 is 6.04 Å². The van der Waals surface area contributed by atoms with E-state index in [0.29, 0.717) is 13.0 Å². The number of hydrogen-bond donors (Lipinski definition) is 3. The molecule has 2 unspecified atom stereocenters. The van der Waals surface area contributed by atoms with Gasteiger partial charge in [0.15, 0.2) is 0 Å². The fourth-order valence-electron chi connectivity index (χ4n) is 1.97. The maximum atomic E-state index is 12.3. The SMILES string of the molecule is CNC(C)CNC(=O)C(Cc1cccc(OC)c1)NC(C)=O. The van der Waals surface area contributed by atoms with E-state index >= 15 is 0 Å². The van der Waals surface area contributed by atoms with Crippen LogP contribution < -0.4 is 20.7 Å². The second-order valence-corrected chi connectivity index (χ2v) is 5.24. The van der Waals surface area contributed by atoms with Crippen molar-refractivity contribution in [1.82, 2.24) is 16.0 Å². The van der Waals surface area contributed by atoms with Crippen molar-refractivity contribution in [1.29, 1.82) is 0 Å². The highest BCUT2D eigenvalue weighted by Crippen LogP contribution is 2.14. The minimum absolute atomic E-state index is 0.166. The third-order valence-electron chi connectivity index (χ3n) is 3.34. The first-order valence-electron chi connectivity index (χ1n) is 7.31. The zero-order chi connectivity index (χ0) is 16.5. The molecule has 0 heterocycles. The first-order valence-corrected chi connectivity index (χ1v) is 7.31. The molecule has 6 heteroatoms. The van der Waals surface area contributed by atoms with Crippen LogP contribution in [0.5, 0.6) is 5.75 Å². The molecule has 0 saturated carbocycles. The molecular formula is C16H25N3O3. The van der Waals surface area contributed by atoms with Crippen molar-refractivity contribution in [2.24, 2.45) is 0 Å². The van der Waals surface area contributed by atoms with E-state index in [4.69, 9.17) is 4.74 Å². The van der Waals surface area contributed by atoms with Gasteiger partial charge in [-0.1, -0.05) is 12.1 Å². The van der Waals surface area contributed by atoms with E-state index in [-0.39, 0.29) is 17.9 Å². The highest BCUT2D eigenvalue weighted by atomic mass is 16.5. The topological polar surface area (TPSA) is 79.5 Å². The summed E-state index contributed by atoms with van der Waals surface area (Å²) < 4.78 is 5.18. The monoisotopic (exact) mass is 307 g/mol. The van der Waals surface area contributed by atoms with Crippen LogP contribution in [0.1, 0.15) is 19.4 Å². The number of rotatable bonds is 8. The van der Waals surface area contributed by atoms with Gasteiger partial charge in [0, 0.05) is 25.9 Å². The summed E-state index contributed by atoms with van der Waals surface area (Å²) in [6.45, 7) is 3.88. The van der Waals surface area contributed by atoms with Crippen LogP contribution in [0.15, 0.2) is 24.3 Å². The number of hydrogen-bond acceptors (Lipinski definition) is 4. The van der Waals surface area contributed by atoms with E-state index in [2.05, 4.69) is 16.0 Å². The second kappa shape index (κ2) is 9.04. The van der Waals surface area contributed by atoms with Gasteiger partial charge in [-0.3, -0.25) is 9.59 Å². The van der Waals surface area contributed by atoms with Gasteiger partial charge in [0.25, 0.3) is 0 Å². The molecule has 0 saturated heterocycles. The molecule has 0 radical (unpaired) electrons. The molecule has 2 amide bonds. The number of amides is 2. The van der Waals surface area contributed by atoms with Gasteiger partial charge in [-0.2, -0.15) is 0 Å². The highest BCUT2D eigenvalue weighted by Gasteiger charge is 2.20. The standard InChI is InChI=1S/C16H25N3O3/c1-11(17-3)10-18-16(21)15(19-12(2)20)9-13-6-5-7-14(8-13)22-4/h5-8,11,15,17H,9-10H2,1-4H3,(H,18,21)(H,19,20). The molecule has 0 bridgehead atoms. The van der Waals surface area contributed by atoms with Gasteiger partial charge in [0.05, 0.1) is 7.11 Å². The van der Waals surface area contributed by atoms with Crippen molar-refractivity contribution >= 4 is 11.8 Å². The van der Waals surface area contributed by atoms with Gasteiger partial charge in [-0.05, 0) is 31.7 Å². The normalized spacial score (nSPS) is 13.1. The van der Waals surface area contributed by atoms with Gasteiger partial charge in [0.1, 0.15) is 11.8 Å². The molecule has 1 rings (SSSR count). The lowest BCUT2D eigenvalue weighted by Gasteiger charge is -2.19. The molecule has 0 spiro atoms. The third-order valence-corrected chi connectivity index (χ3v) is 3.34. The van der Waals surface area contributed by atoms with E-state index in [1.165, 1.54) is 6.92 Å². The van der Waals surface area contributed by atoms with Crippen molar-refractivity contribution in [3.05, 3.63) is 29.8 Å². The van der Waals surface area contributed by atoms with Crippen molar-refractivity contribution in [3.8, 4) is 5.75 Å². The van der Waals surface area contributed by atoms with Crippen molar-refractivity contribution in [2.75, 3.05) is 20.7 Å². The van der Waals surface area contributed by atoms with E-state index in [9.17, 15) is 9.59 Å². The molecule has 6 nitrogen and oxygen atoms in total. The maximum Gasteiger partial charge on any atom is 0.242 e. The number of carbonyl (C=O) groups excluding carboxylic acids is 2. The number of ether oxygens (including phenoxy) is 1. The number of nitrogens with one attached hydrogen (secondary N) is 3. The Morgan fingerprint density at radius 1 is 1.32 bits per heavy atom. The number of carbonyl (C=O) groups is 2. The Morgan fingerprint density at radius 2 is 2.05 bits per heavy atom. The highest BCUT2D eigenvalue weighted by molar-refractivity contribution is 5.87. The van der Waals surface area contributed by atoms with Crippen LogP contribution >= 0.6 is 0 Å². The van der Waals surface area contributed by atoms with Crippen LogP contribution in [0.4, 0.5) is 0 Å². The van der Waals surface area contributed by atoms with E-state index in [0.717, 1.165) is 11.3 Å². The lowest BCUT2D eigenvalue weighted by atomic mass is 10.0. The van der Waals surface area contributed by atoms with Crippen LogP contribution in [0.3, 0.4) is 0 Å². The fraction of sp³-hybridized carbons (Fsp3) is 0.500. The van der Waals surface area contributed by atoms with Gasteiger partial charge in [-0.25, -0.2) is 0 Å². The number of methoxy groups -OCH3 is 1. The molecular weight excluding hydrogens is 282 g/mol. The molecule has 0 aliphatic rings. The van der Waals surface area contributed by atoms with E-state index in [1.54, 1.807) is 7.11 Å². The Hall–Kier alpha value is -2.08. The van der Waals surface area contributed by atoms with Gasteiger partial charge >= 0.3 is 0 Å². The minimum atomic E-state index is -0.603. The summed E-state index contributed by atoms with van der Waals surface area (Å²) in [6.07, 6.45) is 0.413. The van der Waals surface area contributed by atoms with Gasteiger partial charge < -0.3 is 20.7 Å². The summed E-state index contributed by atoms with van der Waals surface area (Å²) in [5, 5.41) is 8.58. The molecule has 2 atom stereocenters. The molecule has 22 heavy (non-hydrogen) atoms. The summed E-state index contributed by atoms with van der Waals surface area (Å²) >= 11 is 0. The molecule has 0 aliphatic carbocycles. The van der Waals surface area contributed by atoms with Gasteiger partial charge in [0.2, 0.25) is 11.8 Å². The second-order valence-electron chi connectivity index (χ2n) is 5.24. The molecule has 0 aliphatic heterocycles. The number of likely N-dealkylation sites (N-methyl/N-ethyl adjacent to an activating group) is 1. The smallest absolute Gasteiger partial charge is 0.242 e. The predicted molar refractivity (Wildman–Crippen MR) is 85.8 cm³/mol. The molecule has 1 aromatic carbocycles. The predicted octanol–water partition coefficient (Wildman–Crippen LogP) is 0.467. The maximum absolute atomic E-state index is 12.3. The molecule has 0 fully saturated rings. The summed E-state index contributed by atoms with van der Waals surface area (Å²) in [5.74, 6) is 0.299. The quantitative estimate of drug-likeness (QED) is 0.652. The van der Waals surface area contributed by atoms with Crippen LogP contribution in [0.25, 0.3) is 0 Å². The van der Waals surface area contributed by atoms with Crippen LogP contribution in [0, 0.1) is 0 Å². The van der Waals surface area contributed by atoms with Crippen molar-refractivity contribution < 1.29 is 14.3 Å². The first-order chi connectivity index (χ1) is 10.5. The molecule has 1 aromatic rings. The Balaban J connectivity index is 2.74. The summed E-state index contributed by atoms with van der Waals surface area (Å²) in [4.78, 5) is 23.6. The Labute approximate surface area is 131 Å². The number of benzene rings is 1. The molecule has 122 valence electrons. The molecule has 3 N–H and O–H groups in total.